The highest BCUT2D eigenvalue weighted by Gasteiger charge is 2.12. The van der Waals surface area contributed by atoms with Crippen LogP contribution in [-0.4, -0.2) is 7.11 Å². The van der Waals surface area contributed by atoms with Gasteiger partial charge < -0.3 is 4.74 Å². The van der Waals surface area contributed by atoms with Crippen molar-refractivity contribution >= 4 is 39.1 Å². The second-order valence-electron chi connectivity index (χ2n) is 4.19. The zero-order valence-electron chi connectivity index (χ0n) is 10.4. The standard InChI is InChI=1S/C15H13BrCl2O/c1-19-12-5-2-10(3-6-12)8-14(16)13-7-4-11(17)9-15(13)18/h2-7,9,14H,8H2,1H3. The van der Waals surface area contributed by atoms with Crippen molar-refractivity contribution in [1.82, 2.24) is 0 Å². The predicted molar refractivity (Wildman–Crippen MR) is 84.8 cm³/mol. The van der Waals surface area contributed by atoms with Crippen LogP contribution in [0.2, 0.25) is 10.0 Å². The molecule has 0 aliphatic carbocycles. The van der Waals surface area contributed by atoms with Gasteiger partial charge in [0, 0.05) is 14.9 Å². The van der Waals surface area contributed by atoms with Gasteiger partial charge in [0.1, 0.15) is 5.75 Å². The summed E-state index contributed by atoms with van der Waals surface area (Å²) in [5, 5.41) is 1.33. The minimum atomic E-state index is 0.158. The molecule has 0 bridgehead atoms. The van der Waals surface area contributed by atoms with E-state index in [1.54, 1.807) is 13.2 Å². The Morgan fingerprint density at radius 2 is 1.79 bits per heavy atom. The van der Waals surface area contributed by atoms with E-state index in [1.165, 1.54) is 5.56 Å². The second kappa shape index (κ2) is 6.65. The summed E-state index contributed by atoms with van der Waals surface area (Å²) in [6.45, 7) is 0. The molecule has 0 saturated carbocycles. The second-order valence-corrected chi connectivity index (χ2v) is 6.13. The summed E-state index contributed by atoms with van der Waals surface area (Å²) in [6.07, 6.45) is 0.853. The van der Waals surface area contributed by atoms with Crippen LogP contribution in [-0.2, 0) is 6.42 Å². The van der Waals surface area contributed by atoms with Crippen molar-refractivity contribution in [2.45, 2.75) is 11.2 Å². The molecule has 2 aromatic carbocycles. The maximum absolute atomic E-state index is 6.20. The SMILES string of the molecule is COc1ccc(CC(Br)c2ccc(Cl)cc2Cl)cc1. The number of alkyl halides is 1. The number of benzene rings is 2. The molecule has 0 radical (unpaired) electrons. The van der Waals surface area contributed by atoms with Crippen LogP contribution in [0.3, 0.4) is 0 Å². The fraction of sp³-hybridized carbons (Fsp3) is 0.200. The molecule has 0 aliphatic heterocycles. The highest BCUT2D eigenvalue weighted by Crippen LogP contribution is 2.34. The zero-order chi connectivity index (χ0) is 13.8. The molecule has 0 aliphatic rings. The lowest BCUT2D eigenvalue weighted by atomic mass is 10.0. The molecule has 1 atom stereocenters. The van der Waals surface area contributed by atoms with Gasteiger partial charge in [-0.25, -0.2) is 0 Å². The predicted octanol–water partition coefficient (Wildman–Crippen LogP) is 5.68. The Kier molecular flexibility index (Phi) is 5.14. The van der Waals surface area contributed by atoms with Crippen LogP contribution in [0.15, 0.2) is 42.5 Å². The molecule has 4 heteroatoms. The summed E-state index contributed by atoms with van der Waals surface area (Å²) in [5.74, 6) is 0.861. The maximum atomic E-state index is 6.20. The van der Waals surface area contributed by atoms with Gasteiger partial charge in [0.15, 0.2) is 0 Å². The number of rotatable bonds is 4. The van der Waals surface area contributed by atoms with E-state index in [-0.39, 0.29) is 4.83 Å². The van der Waals surface area contributed by atoms with Crippen molar-refractivity contribution in [1.29, 1.82) is 0 Å². The molecule has 0 heterocycles. The van der Waals surface area contributed by atoms with Crippen LogP contribution >= 0.6 is 39.1 Å². The van der Waals surface area contributed by atoms with E-state index in [0.29, 0.717) is 10.0 Å². The number of ether oxygens (including phenoxy) is 1. The lowest BCUT2D eigenvalue weighted by molar-refractivity contribution is 0.414. The van der Waals surface area contributed by atoms with E-state index >= 15 is 0 Å². The molecule has 1 nitrogen and oxygen atoms in total. The third kappa shape index (κ3) is 3.88. The first-order chi connectivity index (χ1) is 9.10. The average Bonchev–Trinajstić information content (AvgIpc) is 2.39. The summed E-state index contributed by atoms with van der Waals surface area (Å²) < 4.78 is 5.14. The number of methoxy groups -OCH3 is 1. The third-order valence-corrected chi connectivity index (χ3v) is 4.25. The van der Waals surface area contributed by atoms with E-state index in [2.05, 4.69) is 28.1 Å². The summed E-state index contributed by atoms with van der Waals surface area (Å²) in [6, 6.07) is 13.6. The first kappa shape index (κ1) is 14.7. The minimum absolute atomic E-state index is 0.158. The molecule has 2 rings (SSSR count). The molecular formula is C15H13BrCl2O. The fourth-order valence-electron chi connectivity index (χ4n) is 1.83. The van der Waals surface area contributed by atoms with Gasteiger partial charge in [-0.1, -0.05) is 57.3 Å². The quantitative estimate of drug-likeness (QED) is 0.638. The van der Waals surface area contributed by atoms with E-state index in [9.17, 15) is 0 Å². The molecule has 2 aromatic rings. The molecule has 0 N–H and O–H groups in total. The summed E-state index contributed by atoms with van der Waals surface area (Å²) in [7, 11) is 1.66. The highest BCUT2D eigenvalue weighted by molar-refractivity contribution is 9.09. The van der Waals surface area contributed by atoms with Gasteiger partial charge in [-0.2, -0.15) is 0 Å². The number of halogens is 3. The van der Waals surface area contributed by atoms with Gasteiger partial charge in [-0.05, 0) is 41.8 Å². The zero-order valence-corrected chi connectivity index (χ0v) is 13.5. The highest BCUT2D eigenvalue weighted by atomic mass is 79.9. The lowest BCUT2D eigenvalue weighted by Crippen LogP contribution is -1.96. The van der Waals surface area contributed by atoms with Crippen molar-refractivity contribution < 1.29 is 4.74 Å². The van der Waals surface area contributed by atoms with Gasteiger partial charge in [0.2, 0.25) is 0 Å². The Balaban J connectivity index is 2.13. The summed E-state index contributed by atoms with van der Waals surface area (Å²) in [4.78, 5) is 0.158. The van der Waals surface area contributed by atoms with E-state index < -0.39 is 0 Å². The van der Waals surface area contributed by atoms with Crippen molar-refractivity contribution in [2.75, 3.05) is 7.11 Å². The normalized spacial score (nSPS) is 12.2. The van der Waals surface area contributed by atoms with Crippen molar-refractivity contribution in [3.8, 4) is 5.75 Å². The molecule has 100 valence electrons. The first-order valence-corrected chi connectivity index (χ1v) is 7.49. The molecule has 0 saturated heterocycles. The van der Waals surface area contributed by atoms with Gasteiger partial charge in [-0.15, -0.1) is 0 Å². The van der Waals surface area contributed by atoms with Crippen molar-refractivity contribution in [3.05, 3.63) is 63.6 Å². The largest absolute Gasteiger partial charge is 0.497 e. The topological polar surface area (TPSA) is 9.23 Å². The molecule has 0 spiro atoms. The van der Waals surface area contributed by atoms with Gasteiger partial charge in [0.05, 0.1) is 7.11 Å². The molecular weight excluding hydrogens is 347 g/mol. The Labute approximate surface area is 131 Å². The van der Waals surface area contributed by atoms with Crippen LogP contribution in [0, 0.1) is 0 Å². The maximum Gasteiger partial charge on any atom is 0.118 e. The van der Waals surface area contributed by atoms with Crippen LogP contribution in [0.5, 0.6) is 5.75 Å². The average molecular weight is 360 g/mol. The van der Waals surface area contributed by atoms with Crippen molar-refractivity contribution in [2.24, 2.45) is 0 Å². The fourth-order valence-corrected chi connectivity index (χ4v) is 3.28. The molecule has 0 fully saturated rings. The molecule has 0 aromatic heterocycles. The van der Waals surface area contributed by atoms with Crippen LogP contribution < -0.4 is 4.74 Å². The molecule has 0 amide bonds. The lowest BCUT2D eigenvalue weighted by Gasteiger charge is -2.12. The number of hydrogen-bond donors (Lipinski definition) is 0. The smallest absolute Gasteiger partial charge is 0.118 e. The summed E-state index contributed by atoms with van der Waals surface area (Å²) in [5.41, 5.74) is 2.26. The Morgan fingerprint density at radius 3 is 2.37 bits per heavy atom. The third-order valence-electron chi connectivity index (χ3n) is 2.87. The van der Waals surface area contributed by atoms with E-state index in [0.717, 1.165) is 17.7 Å². The first-order valence-electron chi connectivity index (χ1n) is 5.82. The Bertz CT molecular complexity index is 555. The molecule has 1 unspecified atom stereocenters. The monoisotopic (exact) mass is 358 g/mol. The van der Waals surface area contributed by atoms with Crippen LogP contribution in [0.25, 0.3) is 0 Å². The summed E-state index contributed by atoms with van der Waals surface area (Å²) >= 11 is 15.8. The Morgan fingerprint density at radius 1 is 1.11 bits per heavy atom. The van der Waals surface area contributed by atoms with Gasteiger partial charge in [-0.3, -0.25) is 0 Å². The van der Waals surface area contributed by atoms with Crippen LogP contribution in [0.4, 0.5) is 0 Å². The molecule has 19 heavy (non-hydrogen) atoms. The number of hydrogen-bond acceptors (Lipinski definition) is 1. The van der Waals surface area contributed by atoms with E-state index in [1.807, 2.05) is 24.3 Å². The van der Waals surface area contributed by atoms with Gasteiger partial charge >= 0.3 is 0 Å². The van der Waals surface area contributed by atoms with Crippen LogP contribution in [0.1, 0.15) is 16.0 Å². The minimum Gasteiger partial charge on any atom is -0.497 e. The Hall–Kier alpha value is -0.700. The van der Waals surface area contributed by atoms with Gasteiger partial charge in [0.25, 0.3) is 0 Å². The van der Waals surface area contributed by atoms with E-state index in [4.69, 9.17) is 27.9 Å². The van der Waals surface area contributed by atoms with Crippen molar-refractivity contribution in [3.63, 3.8) is 0 Å².